The maximum Gasteiger partial charge on any atom is 0.246 e. The average molecular weight is 1480 g/mol. The number of aliphatic hydroxyl groups is 15. The van der Waals surface area contributed by atoms with E-state index in [0.29, 0.717) is 18.4 Å². The standard InChI is InChI=1S/C66H102N12O26/c1-31(33-15-11-10-12-16-33)43-59(97)71-35(23-32-17-19-34(20-18-32)100-63-55(94)52(91)56(41(30-83)103-63)104-64-54(93)51(90)49(88)40(29-82)102-64)58(96)75-44(46(85)36-24-70-65(67)73-36)61(99)76-45(60(98)72-37(27-80)57(95)69-25-42(84)74-43)47(86)38-26-77(21-13-8-6-4-2-3-5-7-9-14-22-79)66(68)78(38)62-53(92)50(89)48(87)39(28-81)101-62/h10-12,15-20,31,35-41,43-56,62-64,68,79-83,85-94H,2-9,13-14,21-30H2,1H3,(H,69,95)(H,71,97)(H,72,98)(H,74,84)(H,75,96)(H,76,99)(H3,67,70,73)/t31?,35-,36?,37+,38?,39-,40-,41-,43+,44+,45-,46?,47?,48-,49-,50+,51+,52-,53+,54+,55+,56-,62+,63+,64-/m1/s1. The second-order valence-electron chi connectivity index (χ2n) is 26.9. The number of aliphatic imine (C=N–C) groups is 1. The molecule has 0 aromatic heterocycles. The number of nitrogens with one attached hydrogen (secondary N) is 8. The van der Waals surface area contributed by atoms with E-state index in [-0.39, 0.29) is 43.5 Å². The van der Waals surface area contributed by atoms with Gasteiger partial charge in [0.25, 0.3) is 0 Å². The molecular weight excluding hydrogens is 1380 g/mol. The summed E-state index contributed by atoms with van der Waals surface area (Å²) in [5, 5.41) is 189. The van der Waals surface area contributed by atoms with Gasteiger partial charge in [-0.05, 0) is 36.1 Å². The van der Waals surface area contributed by atoms with Gasteiger partial charge in [-0.25, -0.2) is 0 Å². The van der Waals surface area contributed by atoms with E-state index in [1.165, 1.54) is 29.2 Å². The summed E-state index contributed by atoms with van der Waals surface area (Å²) < 4.78 is 28.7. The molecule has 0 aliphatic carbocycles. The molecule has 5 unspecified atom stereocenters. The van der Waals surface area contributed by atoms with Crippen LogP contribution in [0.1, 0.15) is 88.2 Å². The number of guanidine groups is 2. The molecule has 0 bridgehead atoms. The lowest BCUT2D eigenvalue weighted by atomic mass is 9.92. The quantitative estimate of drug-likeness (QED) is 0.0336. The first kappa shape index (κ1) is 82.5. The summed E-state index contributed by atoms with van der Waals surface area (Å²) in [4.78, 5) is 95.3. The first-order chi connectivity index (χ1) is 49.7. The molecule has 8 rings (SSSR count). The number of hydrogen-bond acceptors (Lipinski definition) is 30. The molecule has 5 fully saturated rings. The number of benzene rings is 2. The van der Waals surface area contributed by atoms with Gasteiger partial charge in [0.05, 0.1) is 51.6 Å². The van der Waals surface area contributed by atoms with Crippen molar-refractivity contribution in [3.8, 4) is 5.75 Å². The van der Waals surface area contributed by atoms with E-state index >= 15 is 14.4 Å². The van der Waals surface area contributed by atoms with Gasteiger partial charge in [0.2, 0.25) is 41.7 Å². The van der Waals surface area contributed by atoms with Crippen molar-refractivity contribution in [3.63, 3.8) is 0 Å². The second-order valence-corrected chi connectivity index (χ2v) is 26.9. The Labute approximate surface area is 598 Å². The van der Waals surface area contributed by atoms with Crippen molar-refractivity contribution in [2.75, 3.05) is 59.2 Å². The monoisotopic (exact) mass is 1480 g/mol. The lowest BCUT2D eigenvalue weighted by Gasteiger charge is -2.46. The Hall–Kier alpha value is -7.16. The summed E-state index contributed by atoms with van der Waals surface area (Å²) in [6.45, 7) is -3.57. The van der Waals surface area contributed by atoms with E-state index in [1.54, 1.807) is 37.3 Å². The summed E-state index contributed by atoms with van der Waals surface area (Å²) in [6, 6.07) is 0.773. The van der Waals surface area contributed by atoms with Crippen molar-refractivity contribution >= 4 is 47.4 Å². The van der Waals surface area contributed by atoms with Crippen LogP contribution in [0.2, 0.25) is 0 Å². The molecule has 25 atom stereocenters. The number of carbonyl (C=O) groups is 6. The van der Waals surface area contributed by atoms with Crippen molar-refractivity contribution in [1.82, 2.24) is 47.0 Å². The number of aliphatic hydroxyl groups excluding tert-OH is 15. The Kier molecular flexibility index (Phi) is 30.9. The molecule has 5 saturated heterocycles. The molecule has 6 amide bonds. The van der Waals surface area contributed by atoms with Gasteiger partial charge < -0.3 is 153 Å². The number of amides is 6. The predicted molar refractivity (Wildman–Crippen MR) is 359 cm³/mol. The third-order valence-electron chi connectivity index (χ3n) is 19.6. The zero-order chi connectivity index (χ0) is 75.6. The van der Waals surface area contributed by atoms with Gasteiger partial charge in [-0.3, -0.25) is 39.2 Å². The van der Waals surface area contributed by atoms with Gasteiger partial charge in [-0.2, -0.15) is 0 Å². The topological polar surface area (TPSA) is 605 Å². The van der Waals surface area contributed by atoms with Crippen LogP contribution in [0.25, 0.3) is 0 Å². The van der Waals surface area contributed by atoms with Gasteiger partial charge >= 0.3 is 0 Å². The highest BCUT2D eigenvalue weighted by molar-refractivity contribution is 5.98. The number of rotatable bonds is 29. The van der Waals surface area contributed by atoms with Crippen LogP contribution in [0.3, 0.4) is 0 Å². The minimum Gasteiger partial charge on any atom is -0.462 e. The second kappa shape index (κ2) is 38.9. The Morgan fingerprint density at radius 3 is 1.72 bits per heavy atom. The van der Waals surface area contributed by atoms with Crippen molar-refractivity contribution in [2.45, 2.75) is 230 Å². The lowest BCUT2D eigenvalue weighted by Crippen LogP contribution is -2.69. The van der Waals surface area contributed by atoms with Crippen molar-refractivity contribution in [2.24, 2.45) is 10.7 Å². The highest BCUT2D eigenvalue weighted by Gasteiger charge is 2.55. The van der Waals surface area contributed by atoms with Gasteiger partial charge in [-0.1, -0.05) is 101 Å². The van der Waals surface area contributed by atoms with Crippen LogP contribution in [0, 0.1) is 5.41 Å². The SMILES string of the molecule is CC(c1ccccc1)[C@@H]1NC(=O)CNC(=O)[C@H](CO)NC(=O)[C@@H](C(O)C2CN(CCCCCCCCCCCCO)C(=N)N2[C@H]2O[C@H](CO)[C@@H](O)[C@H](O)[C@@H]2O)NC(=O)[C@H](C(O)C2CN=C(N)N2)NC(=O)[C@@H](Cc2ccc(O[C@H]3O[C@H](CO)[C@@H](O[C@H]4O[C@H](CO)[C@@H](O)[C@H](O)[C@@H]4O)[C@H](O)[C@@H]3O)cc2)NC1=O. The summed E-state index contributed by atoms with van der Waals surface area (Å²) in [7, 11) is 0. The average Bonchev–Trinajstić information content (AvgIpc) is 1.54. The zero-order valence-corrected chi connectivity index (χ0v) is 57.4. The summed E-state index contributed by atoms with van der Waals surface area (Å²) in [5.74, 6) is -8.95. The molecule has 6 aliphatic rings. The van der Waals surface area contributed by atoms with E-state index in [4.69, 9.17) is 34.5 Å². The van der Waals surface area contributed by atoms with Gasteiger partial charge in [0.1, 0.15) is 121 Å². The van der Waals surface area contributed by atoms with Crippen molar-refractivity contribution < 1.29 is 129 Å². The Bertz CT molecular complexity index is 3150. The van der Waals surface area contributed by atoms with Crippen LogP contribution in [0.15, 0.2) is 59.6 Å². The highest BCUT2D eigenvalue weighted by Crippen LogP contribution is 2.34. The maximum atomic E-state index is 15.4. The first-order valence-electron chi connectivity index (χ1n) is 35.0. The maximum absolute atomic E-state index is 15.4. The van der Waals surface area contributed by atoms with E-state index in [1.807, 2.05) is 0 Å². The molecule has 0 radical (unpaired) electrons. The van der Waals surface area contributed by atoms with Gasteiger partial charge in [0, 0.05) is 32.0 Å². The molecular formula is C66H102N12O26. The van der Waals surface area contributed by atoms with Crippen LogP contribution >= 0.6 is 0 Å². The third kappa shape index (κ3) is 20.5. The fraction of sp³-hybridized carbons (Fsp3) is 0.697. The molecule has 38 heteroatoms. The molecule has 0 saturated carbocycles. The lowest BCUT2D eigenvalue weighted by molar-refractivity contribution is -0.352. The highest BCUT2D eigenvalue weighted by atomic mass is 16.7. The zero-order valence-electron chi connectivity index (χ0n) is 57.4. The van der Waals surface area contributed by atoms with E-state index in [9.17, 15) is 91.3 Å². The molecule has 25 N–H and O–H groups in total. The van der Waals surface area contributed by atoms with E-state index in [0.717, 1.165) is 56.3 Å². The number of hydrogen-bond donors (Lipinski definition) is 24. The molecule has 6 heterocycles. The Balaban J connectivity index is 1.11. The largest absolute Gasteiger partial charge is 0.462 e. The molecule has 6 aliphatic heterocycles. The minimum absolute atomic E-state index is 0.0751. The number of nitrogens with zero attached hydrogens (tertiary/aromatic N) is 3. The van der Waals surface area contributed by atoms with Crippen LogP contribution < -0.4 is 47.7 Å². The third-order valence-corrected chi connectivity index (χ3v) is 19.6. The van der Waals surface area contributed by atoms with Crippen molar-refractivity contribution in [3.05, 3.63) is 65.7 Å². The molecule has 104 heavy (non-hydrogen) atoms. The van der Waals surface area contributed by atoms with Gasteiger partial charge in [-0.15, -0.1) is 0 Å². The number of carbonyl (C=O) groups excluding carboxylic acids is 6. The molecule has 0 spiro atoms. The fourth-order valence-electron chi connectivity index (χ4n) is 13.4. The molecule has 2 aromatic rings. The number of unbranched alkanes of at least 4 members (excludes halogenated alkanes) is 9. The van der Waals surface area contributed by atoms with Crippen LogP contribution in [0.4, 0.5) is 0 Å². The van der Waals surface area contributed by atoms with E-state index < -0.39 is 233 Å². The number of nitrogens with two attached hydrogens (primary N) is 1. The molecule has 582 valence electrons. The van der Waals surface area contributed by atoms with Crippen LogP contribution in [-0.2, 0) is 54.1 Å². The minimum atomic E-state index is -2.37. The Morgan fingerprint density at radius 1 is 0.567 bits per heavy atom. The van der Waals surface area contributed by atoms with Crippen molar-refractivity contribution in [1.29, 1.82) is 5.41 Å². The smallest absolute Gasteiger partial charge is 0.246 e. The van der Waals surface area contributed by atoms with Gasteiger partial charge in [0.15, 0.2) is 24.4 Å². The Morgan fingerprint density at radius 2 is 1.12 bits per heavy atom. The fourth-order valence-corrected chi connectivity index (χ4v) is 13.4. The van der Waals surface area contributed by atoms with Crippen LogP contribution in [0.5, 0.6) is 5.75 Å². The predicted octanol–water partition coefficient (Wildman–Crippen LogP) is -9.80. The summed E-state index contributed by atoms with van der Waals surface area (Å²) in [5.41, 5.74) is 6.69. The van der Waals surface area contributed by atoms with E-state index in [2.05, 4.69) is 42.2 Å². The first-order valence-corrected chi connectivity index (χ1v) is 35.0. The normalized spacial score (nSPS) is 34.5. The molecule has 2 aromatic carbocycles. The van der Waals surface area contributed by atoms with Crippen LogP contribution in [-0.4, -0.2) is 340 Å². The molecule has 38 nitrogen and oxygen atoms in total. The summed E-state index contributed by atoms with van der Waals surface area (Å²) in [6.07, 6.45) is -23.5. The summed E-state index contributed by atoms with van der Waals surface area (Å²) >= 11 is 0. The number of ether oxygens (including phenoxy) is 5.